The summed E-state index contributed by atoms with van der Waals surface area (Å²) < 4.78 is 28.8. The van der Waals surface area contributed by atoms with E-state index in [2.05, 4.69) is 0 Å². The number of rotatable bonds is 4. The van der Waals surface area contributed by atoms with E-state index in [1.165, 1.54) is 0 Å². The topological polar surface area (TPSA) is 101 Å². The van der Waals surface area contributed by atoms with Crippen LogP contribution in [0.5, 0.6) is 0 Å². The van der Waals surface area contributed by atoms with E-state index in [-0.39, 0.29) is 0 Å². The summed E-state index contributed by atoms with van der Waals surface area (Å²) in [7, 11) is -8.65. The Labute approximate surface area is 126 Å². The second-order valence-electron chi connectivity index (χ2n) is 6.09. The van der Waals surface area contributed by atoms with Gasteiger partial charge in [-0.1, -0.05) is 12.8 Å². The maximum Gasteiger partial charge on any atom is 0.366 e. The Morgan fingerprint density at radius 1 is 0.810 bits per heavy atom. The Bertz CT molecular complexity index is 431. The van der Waals surface area contributed by atoms with E-state index >= 15 is 0 Å². The summed E-state index contributed by atoms with van der Waals surface area (Å²) in [6, 6.07) is 0. The molecule has 7 nitrogen and oxygen atoms in total. The van der Waals surface area contributed by atoms with Crippen LogP contribution in [0.3, 0.4) is 0 Å². The molecule has 0 bridgehead atoms. The lowest BCUT2D eigenvalue weighted by molar-refractivity contribution is 0.145. The van der Waals surface area contributed by atoms with E-state index in [0.29, 0.717) is 26.2 Å². The Hall–Kier alpha value is 0.260. The first-order valence-corrected chi connectivity index (χ1v) is 10.8. The molecule has 2 fully saturated rings. The number of nitrogens with zero attached hydrogens (tertiary/aromatic N) is 2. The van der Waals surface area contributed by atoms with Gasteiger partial charge in [-0.2, -0.15) is 0 Å². The lowest BCUT2D eigenvalue weighted by Gasteiger charge is -2.48. The van der Waals surface area contributed by atoms with Crippen molar-refractivity contribution < 1.29 is 24.0 Å². The molecule has 0 aromatic carbocycles. The summed E-state index contributed by atoms with van der Waals surface area (Å²) in [6.45, 7) is 3.11. The monoisotopic (exact) mass is 340 g/mol. The first kappa shape index (κ1) is 17.6. The summed E-state index contributed by atoms with van der Waals surface area (Å²) in [5.41, 5.74) is 0. The van der Waals surface area contributed by atoms with Gasteiger partial charge in [-0.05, 0) is 32.6 Å². The van der Waals surface area contributed by atoms with Gasteiger partial charge in [-0.25, -0.2) is 9.34 Å². The summed E-state index contributed by atoms with van der Waals surface area (Å²) in [5.74, 6) is 0. The highest BCUT2D eigenvalue weighted by atomic mass is 31.2. The zero-order valence-electron chi connectivity index (χ0n) is 12.5. The minimum absolute atomic E-state index is 0.518. The molecule has 21 heavy (non-hydrogen) atoms. The van der Waals surface area contributed by atoms with Gasteiger partial charge in [-0.3, -0.25) is 9.13 Å². The van der Waals surface area contributed by atoms with E-state index in [1.54, 1.807) is 9.34 Å². The van der Waals surface area contributed by atoms with E-state index in [4.69, 9.17) is 0 Å². The predicted octanol–water partition coefficient (Wildman–Crippen LogP) is 1.99. The molecule has 0 aliphatic carbocycles. The zero-order valence-corrected chi connectivity index (χ0v) is 14.3. The van der Waals surface area contributed by atoms with Gasteiger partial charge < -0.3 is 14.9 Å². The van der Waals surface area contributed by atoms with Crippen molar-refractivity contribution >= 4 is 15.0 Å². The molecule has 9 heteroatoms. The molecular formula is C12H26N2O5P2. The Morgan fingerprint density at radius 2 is 1.14 bits per heavy atom. The van der Waals surface area contributed by atoms with Gasteiger partial charge in [0, 0.05) is 26.2 Å². The maximum absolute atomic E-state index is 13.7. The molecule has 2 aliphatic rings. The van der Waals surface area contributed by atoms with Gasteiger partial charge in [0.2, 0.25) is 5.08 Å². The van der Waals surface area contributed by atoms with Crippen LogP contribution in [0, 0.1) is 0 Å². The van der Waals surface area contributed by atoms with Gasteiger partial charge in [0.05, 0.1) is 0 Å². The molecule has 2 aliphatic heterocycles. The van der Waals surface area contributed by atoms with Crippen LogP contribution in [0.25, 0.3) is 0 Å². The molecule has 0 aromatic heterocycles. The van der Waals surface area contributed by atoms with Gasteiger partial charge in [0.15, 0.2) is 0 Å². The lowest BCUT2D eigenvalue weighted by atomic mass is 10.2. The highest BCUT2D eigenvalue weighted by Gasteiger charge is 2.61. The number of hydrogen-bond donors (Lipinski definition) is 3. The molecule has 0 spiro atoms. The number of hydrogen-bond acceptors (Lipinski definition) is 3. The first-order valence-electron chi connectivity index (χ1n) is 7.60. The van der Waals surface area contributed by atoms with E-state index in [0.717, 1.165) is 45.4 Å². The second-order valence-corrected chi connectivity index (χ2v) is 11.5. The molecule has 0 radical (unpaired) electrons. The molecule has 1 unspecified atom stereocenters. The quantitative estimate of drug-likeness (QED) is 0.673. The molecule has 0 amide bonds. The summed E-state index contributed by atoms with van der Waals surface area (Å²) in [6.07, 6.45) is 5.41. The van der Waals surface area contributed by atoms with Crippen molar-refractivity contribution in [2.45, 2.75) is 50.5 Å². The summed E-state index contributed by atoms with van der Waals surface area (Å²) >= 11 is 0. The van der Waals surface area contributed by atoms with E-state index in [9.17, 15) is 24.0 Å². The fraction of sp³-hybridized carbons (Fsp3) is 1.00. The van der Waals surface area contributed by atoms with Crippen molar-refractivity contribution in [1.82, 2.24) is 9.34 Å². The fourth-order valence-electron chi connectivity index (χ4n) is 3.18. The van der Waals surface area contributed by atoms with Crippen LogP contribution in [-0.4, -0.2) is 55.5 Å². The van der Waals surface area contributed by atoms with Crippen LogP contribution < -0.4 is 0 Å². The predicted molar refractivity (Wildman–Crippen MR) is 81.1 cm³/mol. The van der Waals surface area contributed by atoms with Gasteiger partial charge >= 0.3 is 7.60 Å². The molecule has 0 saturated carbocycles. The van der Waals surface area contributed by atoms with Crippen LogP contribution in [0.2, 0.25) is 0 Å². The van der Waals surface area contributed by atoms with Gasteiger partial charge in [0.1, 0.15) is 0 Å². The second kappa shape index (κ2) is 6.40. The molecule has 2 heterocycles. The Kier molecular flexibility index (Phi) is 5.37. The molecule has 2 rings (SSSR count). The summed E-state index contributed by atoms with van der Waals surface area (Å²) in [5, 5.41) is 8.05. The third kappa shape index (κ3) is 3.16. The lowest BCUT2D eigenvalue weighted by Crippen LogP contribution is -2.46. The minimum atomic E-state index is -4.91. The number of aliphatic hydroxyl groups is 1. The fourth-order valence-corrected chi connectivity index (χ4v) is 8.38. The van der Waals surface area contributed by atoms with Crippen molar-refractivity contribution in [2.75, 3.05) is 26.2 Å². The molecule has 124 valence electrons. The molecular weight excluding hydrogens is 314 g/mol. The van der Waals surface area contributed by atoms with Crippen LogP contribution in [-0.2, 0) is 9.13 Å². The van der Waals surface area contributed by atoms with Crippen molar-refractivity contribution in [3.8, 4) is 0 Å². The third-order valence-corrected chi connectivity index (χ3v) is 10.6. The normalized spacial score (nSPS) is 26.5. The van der Waals surface area contributed by atoms with Crippen LogP contribution >= 0.6 is 15.0 Å². The number of piperidine rings is 2. The van der Waals surface area contributed by atoms with Gasteiger partial charge in [0.25, 0.3) is 7.44 Å². The smallest absolute Gasteiger partial charge is 0.366 e. The first-order chi connectivity index (χ1) is 9.71. The SMILES string of the molecule is CC(O)(P(=O)(O)O)P(=O)(N1CCCCC1)N1CCCCC1. The maximum atomic E-state index is 13.7. The summed E-state index contributed by atoms with van der Waals surface area (Å²) in [4.78, 5) is 19.2. The molecule has 3 N–H and O–H groups in total. The standard InChI is InChI=1S/C12H26N2O5P2/c1-12(15,21(17,18)19)20(16,13-8-4-2-5-9-13)14-10-6-3-7-11-14/h15H,2-11H2,1H3,(H2,17,18,19). The molecule has 1 atom stereocenters. The largest absolute Gasteiger partial charge is 0.369 e. The van der Waals surface area contributed by atoms with Crippen molar-refractivity contribution in [3.05, 3.63) is 0 Å². The third-order valence-electron chi connectivity index (χ3n) is 4.54. The van der Waals surface area contributed by atoms with Crippen LogP contribution in [0.15, 0.2) is 0 Å². The van der Waals surface area contributed by atoms with Crippen molar-refractivity contribution in [1.29, 1.82) is 0 Å². The molecule has 0 aromatic rings. The van der Waals surface area contributed by atoms with Crippen LogP contribution in [0.4, 0.5) is 0 Å². The highest BCUT2D eigenvalue weighted by Crippen LogP contribution is 2.74. The van der Waals surface area contributed by atoms with E-state index in [1.807, 2.05) is 0 Å². The molecule has 2 saturated heterocycles. The highest BCUT2D eigenvalue weighted by molar-refractivity contribution is 7.75. The Morgan fingerprint density at radius 3 is 1.43 bits per heavy atom. The van der Waals surface area contributed by atoms with E-state index < -0.39 is 20.1 Å². The zero-order chi connectivity index (χ0) is 15.7. The Balaban J connectivity index is 2.42. The van der Waals surface area contributed by atoms with Gasteiger partial charge in [-0.15, -0.1) is 0 Å². The van der Waals surface area contributed by atoms with Crippen molar-refractivity contribution in [3.63, 3.8) is 0 Å². The minimum Gasteiger partial charge on any atom is -0.369 e. The average Bonchev–Trinajstić information content (AvgIpc) is 2.47. The van der Waals surface area contributed by atoms with Crippen molar-refractivity contribution in [2.24, 2.45) is 0 Å². The van der Waals surface area contributed by atoms with Crippen LogP contribution in [0.1, 0.15) is 45.4 Å². The average molecular weight is 340 g/mol.